The van der Waals surface area contributed by atoms with Gasteiger partial charge in [-0.05, 0) is 50.8 Å². The summed E-state index contributed by atoms with van der Waals surface area (Å²) in [6.07, 6.45) is 6.73. The number of amides is 2. The topological polar surface area (TPSA) is 44.4 Å². The molecule has 1 saturated heterocycles. The highest BCUT2D eigenvalue weighted by Crippen LogP contribution is 2.28. The second-order valence-electron chi connectivity index (χ2n) is 6.79. The molecule has 1 saturated carbocycles. The van der Waals surface area contributed by atoms with Gasteiger partial charge in [0.2, 0.25) is 0 Å². The number of likely N-dealkylation sites (tertiary alicyclic amines) is 1. The molecule has 0 bridgehead atoms. The zero-order valence-corrected chi connectivity index (χ0v) is 13.5. The van der Waals surface area contributed by atoms with Crippen molar-refractivity contribution in [1.82, 2.24) is 10.2 Å². The SMILES string of the molecule is Cc1ccc(NC(=O)NC[C@@H]2CCN(C3CCCC3)C2)cc1. The Kier molecular flexibility index (Phi) is 4.98. The number of nitrogens with zero attached hydrogens (tertiary/aromatic N) is 1. The summed E-state index contributed by atoms with van der Waals surface area (Å²) in [6.45, 7) is 5.17. The molecule has 2 aliphatic rings. The van der Waals surface area contributed by atoms with Crippen LogP contribution in [0.2, 0.25) is 0 Å². The quantitative estimate of drug-likeness (QED) is 0.895. The van der Waals surface area contributed by atoms with E-state index in [1.54, 1.807) is 0 Å². The third kappa shape index (κ3) is 4.01. The number of rotatable bonds is 4. The van der Waals surface area contributed by atoms with Crippen LogP contribution in [0.3, 0.4) is 0 Å². The molecule has 1 aromatic carbocycles. The van der Waals surface area contributed by atoms with E-state index in [0.29, 0.717) is 5.92 Å². The Hall–Kier alpha value is -1.55. The lowest BCUT2D eigenvalue weighted by Crippen LogP contribution is -2.35. The molecule has 4 heteroatoms. The molecule has 0 radical (unpaired) electrons. The number of carbonyl (C=O) groups excluding carboxylic acids is 1. The van der Waals surface area contributed by atoms with E-state index in [9.17, 15) is 4.79 Å². The zero-order valence-electron chi connectivity index (χ0n) is 13.5. The second kappa shape index (κ2) is 7.14. The highest BCUT2D eigenvalue weighted by Gasteiger charge is 2.29. The Morgan fingerprint density at radius 3 is 2.64 bits per heavy atom. The molecule has 1 aliphatic carbocycles. The molecule has 2 amide bonds. The third-order valence-corrected chi connectivity index (χ3v) is 5.02. The molecule has 1 aromatic rings. The van der Waals surface area contributed by atoms with Gasteiger partial charge in [0.1, 0.15) is 0 Å². The van der Waals surface area contributed by atoms with Crippen molar-refractivity contribution >= 4 is 11.7 Å². The minimum Gasteiger partial charge on any atom is -0.338 e. The maximum absolute atomic E-state index is 12.0. The van der Waals surface area contributed by atoms with Crippen molar-refractivity contribution in [2.45, 2.75) is 45.1 Å². The van der Waals surface area contributed by atoms with Gasteiger partial charge >= 0.3 is 6.03 Å². The summed E-state index contributed by atoms with van der Waals surface area (Å²) in [7, 11) is 0. The molecular formula is C18H27N3O. The van der Waals surface area contributed by atoms with Crippen LogP contribution in [0.5, 0.6) is 0 Å². The average molecular weight is 301 g/mol. The van der Waals surface area contributed by atoms with Crippen molar-refractivity contribution in [3.8, 4) is 0 Å². The van der Waals surface area contributed by atoms with Crippen LogP contribution in [0.25, 0.3) is 0 Å². The number of benzene rings is 1. The zero-order chi connectivity index (χ0) is 15.4. The Labute approximate surface area is 133 Å². The Morgan fingerprint density at radius 1 is 1.18 bits per heavy atom. The van der Waals surface area contributed by atoms with Crippen molar-refractivity contribution in [2.75, 3.05) is 25.0 Å². The number of urea groups is 1. The van der Waals surface area contributed by atoms with Crippen LogP contribution in [-0.4, -0.2) is 36.6 Å². The Balaban J connectivity index is 1.39. The highest BCUT2D eigenvalue weighted by molar-refractivity contribution is 5.89. The normalized spacial score (nSPS) is 22.9. The molecule has 2 N–H and O–H groups in total. The Bertz CT molecular complexity index is 494. The van der Waals surface area contributed by atoms with E-state index in [4.69, 9.17) is 0 Å². The second-order valence-corrected chi connectivity index (χ2v) is 6.79. The number of hydrogen-bond acceptors (Lipinski definition) is 2. The van der Waals surface area contributed by atoms with Gasteiger partial charge in [-0.15, -0.1) is 0 Å². The Morgan fingerprint density at radius 2 is 1.91 bits per heavy atom. The molecule has 3 rings (SSSR count). The van der Waals surface area contributed by atoms with Crippen molar-refractivity contribution in [3.05, 3.63) is 29.8 Å². The average Bonchev–Trinajstić information content (AvgIpc) is 3.18. The minimum absolute atomic E-state index is 0.0943. The largest absolute Gasteiger partial charge is 0.338 e. The summed E-state index contributed by atoms with van der Waals surface area (Å²) in [5, 5.41) is 5.92. The predicted octanol–water partition coefficient (Wildman–Crippen LogP) is 3.38. The molecule has 0 spiro atoms. The van der Waals surface area contributed by atoms with E-state index in [2.05, 4.69) is 15.5 Å². The lowest BCUT2D eigenvalue weighted by atomic mass is 10.1. The van der Waals surface area contributed by atoms with Gasteiger partial charge in [0, 0.05) is 24.8 Å². The van der Waals surface area contributed by atoms with E-state index in [1.807, 2.05) is 31.2 Å². The van der Waals surface area contributed by atoms with Crippen molar-refractivity contribution in [3.63, 3.8) is 0 Å². The lowest BCUT2D eigenvalue weighted by molar-refractivity contribution is 0.234. The maximum atomic E-state index is 12.0. The molecule has 22 heavy (non-hydrogen) atoms. The van der Waals surface area contributed by atoms with Gasteiger partial charge in [-0.25, -0.2) is 4.79 Å². The molecule has 4 nitrogen and oxygen atoms in total. The molecule has 0 aromatic heterocycles. The first-order valence-electron chi connectivity index (χ1n) is 8.56. The van der Waals surface area contributed by atoms with Crippen LogP contribution in [0.1, 0.15) is 37.7 Å². The molecular weight excluding hydrogens is 274 g/mol. The summed E-state index contributed by atoms with van der Waals surface area (Å²) in [6, 6.07) is 8.60. The van der Waals surface area contributed by atoms with Crippen LogP contribution in [-0.2, 0) is 0 Å². The van der Waals surface area contributed by atoms with E-state index < -0.39 is 0 Å². The summed E-state index contributed by atoms with van der Waals surface area (Å²) in [5.41, 5.74) is 2.05. The van der Waals surface area contributed by atoms with E-state index >= 15 is 0 Å². The van der Waals surface area contributed by atoms with Crippen molar-refractivity contribution in [2.24, 2.45) is 5.92 Å². The van der Waals surface area contributed by atoms with Gasteiger partial charge in [0.15, 0.2) is 0 Å². The van der Waals surface area contributed by atoms with E-state index in [0.717, 1.165) is 24.8 Å². The van der Waals surface area contributed by atoms with Crippen molar-refractivity contribution in [1.29, 1.82) is 0 Å². The smallest absolute Gasteiger partial charge is 0.319 e. The van der Waals surface area contributed by atoms with Gasteiger partial charge in [-0.1, -0.05) is 30.5 Å². The number of anilines is 1. The summed E-state index contributed by atoms with van der Waals surface area (Å²) < 4.78 is 0. The van der Waals surface area contributed by atoms with Crippen LogP contribution in [0, 0.1) is 12.8 Å². The first-order chi connectivity index (χ1) is 10.7. The van der Waals surface area contributed by atoms with Gasteiger partial charge < -0.3 is 15.5 Å². The lowest BCUT2D eigenvalue weighted by Gasteiger charge is -2.23. The third-order valence-electron chi connectivity index (χ3n) is 5.02. The number of aryl methyl sites for hydroxylation is 1. The molecule has 120 valence electrons. The standard InChI is InChI=1S/C18H27N3O/c1-14-6-8-16(9-7-14)20-18(22)19-12-15-10-11-21(13-15)17-4-2-3-5-17/h6-9,15,17H,2-5,10-13H2,1H3,(H2,19,20,22)/t15-/m0/s1. The summed E-state index contributed by atoms with van der Waals surface area (Å²) in [4.78, 5) is 14.6. The summed E-state index contributed by atoms with van der Waals surface area (Å²) in [5.74, 6) is 0.601. The fourth-order valence-electron chi connectivity index (χ4n) is 3.68. The van der Waals surface area contributed by atoms with E-state index in [-0.39, 0.29) is 6.03 Å². The van der Waals surface area contributed by atoms with Crippen LogP contribution < -0.4 is 10.6 Å². The monoisotopic (exact) mass is 301 g/mol. The predicted molar refractivity (Wildman–Crippen MR) is 90.1 cm³/mol. The van der Waals surface area contributed by atoms with E-state index in [1.165, 1.54) is 44.2 Å². The maximum Gasteiger partial charge on any atom is 0.319 e. The van der Waals surface area contributed by atoms with Gasteiger partial charge in [0.25, 0.3) is 0 Å². The molecule has 0 unspecified atom stereocenters. The summed E-state index contributed by atoms with van der Waals surface area (Å²) >= 11 is 0. The van der Waals surface area contributed by atoms with Crippen molar-refractivity contribution < 1.29 is 4.79 Å². The van der Waals surface area contributed by atoms with Gasteiger partial charge in [0.05, 0.1) is 0 Å². The number of nitrogens with one attached hydrogen (secondary N) is 2. The van der Waals surface area contributed by atoms with Gasteiger partial charge in [-0.3, -0.25) is 0 Å². The van der Waals surface area contributed by atoms with Gasteiger partial charge in [-0.2, -0.15) is 0 Å². The highest BCUT2D eigenvalue weighted by atomic mass is 16.2. The molecule has 1 atom stereocenters. The fraction of sp³-hybridized carbons (Fsp3) is 0.611. The first kappa shape index (κ1) is 15.3. The first-order valence-corrected chi connectivity index (χ1v) is 8.56. The molecule has 1 aliphatic heterocycles. The fourth-order valence-corrected chi connectivity index (χ4v) is 3.68. The van der Waals surface area contributed by atoms with Crippen LogP contribution in [0.15, 0.2) is 24.3 Å². The minimum atomic E-state index is -0.0943. The van der Waals surface area contributed by atoms with Crippen LogP contribution in [0.4, 0.5) is 10.5 Å². The van der Waals surface area contributed by atoms with Crippen LogP contribution >= 0.6 is 0 Å². The molecule has 1 heterocycles. The number of carbonyl (C=O) groups is 1. The molecule has 2 fully saturated rings. The number of hydrogen-bond donors (Lipinski definition) is 2.